The fourth-order valence-corrected chi connectivity index (χ4v) is 2.69. The molecule has 0 atom stereocenters. The van der Waals surface area contributed by atoms with E-state index in [1.807, 2.05) is 60.7 Å². The molecule has 0 spiro atoms. The molecule has 0 aliphatic carbocycles. The van der Waals surface area contributed by atoms with E-state index in [1.165, 1.54) is 6.08 Å². The van der Waals surface area contributed by atoms with Gasteiger partial charge in [0, 0.05) is 19.6 Å². The standard InChI is InChI=1S/C25H29NO6.K/c1-5-16-26(23(28)31-24(29)32-25(2,3)4)21(17-19-12-8-6-9-13-19)22(27)30-18-20-14-10-7-11-15-20;/h5-15,27H,1,16-18H2,2-4H3;/q;+1/p-1. The summed E-state index contributed by atoms with van der Waals surface area (Å²) >= 11 is 0. The molecule has 2 aromatic rings. The van der Waals surface area contributed by atoms with Crippen LogP contribution in [0.4, 0.5) is 9.59 Å². The maximum Gasteiger partial charge on any atom is 1.00 e. The van der Waals surface area contributed by atoms with Gasteiger partial charge in [0.15, 0.2) is 0 Å². The van der Waals surface area contributed by atoms with Crippen LogP contribution in [-0.2, 0) is 27.2 Å². The van der Waals surface area contributed by atoms with Crippen molar-refractivity contribution < 1.29 is 80.3 Å². The fourth-order valence-electron chi connectivity index (χ4n) is 2.69. The van der Waals surface area contributed by atoms with Gasteiger partial charge in [0.05, 0.1) is 11.6 Å². The number of carbonyl (C=O) groups excluding carboxylic acids is 2. The van der Waals surface area contributed by atoms with Gasteiger partial charge in [-0.3, -0.25) is 4.90 Å². The van der Waals surface area contributed by atoms with E-state index in [2.05, 4.69) is 6.58 Å². The van der Waals surface area contributed by atoms with Crippen molar-refractivity contribution in [2.45, 2.75) is 39.4 Å². The molecule has 170 valence electrons. The van der Waals surface area contributed by atoms with Gasteiger partial charge in [-0.2, -0.15) is 0 Å². The molecule has 8 heteroatoms. The van der Waals surface area contributed by atoms with Gasteiger partial charge in [-0.1, -0.05) is 66.7 Å². The molecule has 0 N–H and O–H groups in total. The molecule has 0 aliphatic rings. The van der Waals surface area contributed by atoms with Gasteiger partial charge >= 0.3 is 63.6 Å². The summed E-state index contributed by atoms with van der Waals surface area (Å²) in [6.45, 7) is 8.54. The Balaban J connectivity index is 0.00000544. The molecule has 0 saturated carbocycles. The molecule has 1 amide bonds. The Morgan fingerprint density at radius 2 is 1.55 bits per heavy atom. The second kappa shape index (κ2) is 14.2. The van der Waals surface area contributed by atoms with Gasteiger partial charge in [0.25, 0.3) is 0 Å². The second-order valence-electron chi connectivity index (χ2n) is 7.90. The molecule has 0 heterocycles. The Kier molecular flexibility index (Phi) is 12.5. The number of hydrogen-bond acceptors (Lipinski definition) is 6. The molecule has 0 bridgehead atoms. The molecule has 7 nitrogen and oxygen atoms in total. The Bertz CT molecular complexity index is 938. The first-order valence-corrected chi connectivity index (χ1v) is 10.1. The summed E-state index contributed by atoms with van der Waals surface area (Å²) in [5.41, 5.74) is 0.747. The van der Waals surface area contributed by atoms with Crippen LogP contribution in [-0.4, -0.2) is 29.3 Å². The van der Waals surface area contributed by atoms with Gasteiger partial charge in [0.2, 0.25) is 0 Å². The summed E-state index contributed by atoms with van der Waals surface area (Å²) in [6, 6.07) is 18.3. The van der Waals surface area contributed by atoms with Crippen molar-refractivity contribution in [3.05, 3.63) is 96.1 Å². The Hall–Kier alpha value is -2.10. The first-order chi connectivity index (χ1) is 15.2. The average Bonchev–Trinajstić information content (AvgIpc) is 2.74. The predicted molar refractivity (Wildman–Crippen MR) is 118 cm³/mol. The van der Waals surface area contributed by atoms with Gasteiger partial charge < -0.3 is 19.3 Å². The normalized spacial score (nSPS) is 11.4. The van der Waals surface area contributed by atoms with E-state index < -0.39 is 23.8 Å². The molecule has 0 fully saturated rings. The maximum atomic E-state index is 13.0. The molecular formula is C25H28KNO6. The van der Waals surface area contributed by atoms with Gasteiger partial charge in [-0.05, 0) is 31.9 Å². The molecule has 0 saturated heterocycles. The smallest absolute Gasteiger partial charge is 0.607 e. The number of allylic oxidation sites excluding steroid dienone is 1. The summed E-state index contributed by atoms with van der Waals surface area (Å²) in [7, 11) is 0. The third-order valence-corrected chi connectivity index (χ3v) is 4.08. The summed E-state index contributed by atoms with van der Waals surface area (Å²) in [5, 5.41) is 13.0. The quantitative estimate of drug-likeness (QED) is 0.188. The van der Waals surface area contributed by atoms with E-state index in [9.17, 15) is 14.7 Å². The number of ether oxygens (including phenoxy) is 3. The van der Waals surface area contributed by atoms with E-state index in [-0.39, 0.29) is 76.7 Å². The number of carbonyl (C=O) groups is 2. The summed E-state index contributed by atoms with van der Waals surface area (Å²) in [4.78, 5) is 25.8. The molecular weight excluding hydrogens is 449 g/mol. The molecule has 0 aliphatic heterocycles. The van der Waals surface area contributed by atoms with E-state index in [0.717, 1.165) is 16.0 Å². The average molecular weight is 478 g/mol. The fraction of sp³-hybridized carbons (Fsp3) is 0.280. The number of amides is 1. The molecule has 2 rings (SSSR count). The molecule has 33 heavy (non-hydrogen) atoms. The van der Waals surface area contributed by atoms with E-state index in [4.69, 9.17) is 14.2 Å². The minimum absolute atomic E-state index is 0. The largest absolute Gasteiger partial charge is 1.00 e. The van der Waals surface area contributed by atoms with Crippen LogP contribution in [0, 0.1) is 0 Å². The Morgan fingerprint density at radius 1 is 1.00 bits per heavy atom. The van der Waals surface area contributed by atoms with E-state index >= 15 is 0 Å². The van der Waals surface area contributed by atoms with Crippen molar-refractivity contribution in [1.29, 1.82) is 0 Å². The van der Waals surface area contributed by atoms with Crippen molar-refractivity contribution in [3.8, 4) is 0 Å². The molecule has 0 unspecified atom stereocenters. The molecule has 2 aromatic carbocycles. The first-order valence-electron chi connectivity index (χ1n) is 10.1. The molecule has 0 radical (unpaired) electrons. The van der Waals surface area contributed by atoms with Crippen LogP contribution in [0.3, 0.4) is 0 Å². The van der Waals surface area contributed by atoms with Crippen molar-refractivity contribution >= 4 is 12.2 Å². The third kappa shape index (κ3) is 10.6. The van der Waals surface area contributed by atoms with Crippen LogP contribution in [0.2, 0.25) is 0 Å². The zero-order chi connectivity index (χ0) is 23.6. The Labute approximate surface area is 237 Å². The van der Waals surface area contributed by atoms with Crippen molar-refractivity contribution in [3.63, 3.8) is 0 Å². The van der Waals surface area contributed by atoms with Gasteiger partial charge in [-0.25, -0.2) is 9.59 Å². The zero-order valence-corrected chi connectivity index (χ0v) is 22.7. The number of benzene rings is 2. The number of hydrogen-bond donors (Lipinski definition) is 0. The number of nitrogens with zero attached hydrogens (tertiary/aromatic N) is 1. The van der Waals surface area contributed by atoms with Crippen molar-refractivity contribution in [2.24, 2.45) is 0 Å². The molecule has 0 aromatic heterocycles. The second-order valence-corrected chi connectivity index (χ2v) is 7.90. The van der Waals surface area contributed by atoms with Crippen LogP contribution in [0.25, 0.3) is 0 Å². The zero-order valence-electron chi connectivity index (χ0n) is 19.6. The van der Waals surface area contributed by atoms with Crippen LogP contribution in [0.15, 0.2) is 85.0 Å². The minimum atomic E-state index is -1.16. The predicted octanol–water partition coefficient (Wildman–Crippen LogP) is 1.54. The Morgan fingerprint density at radius 3 is 2.06 bits per heavy atom. The minimum Gasteiger partial charge on any atom is -0.607 e. The van der Waals surface area contributed by atoms with Crippen molar-refractivity contribution in [1.82, 2.24) is 4.90 Å². The van der Waals surface area contributed by atoms with Crippen LogP contribution in [0.5, 0.6) is 0 Å². The number of rotatable bonds is 8. The monoisotopic (exact) mass is 477 g/mol. The topological polar surface area (TPSA) is 88.1 Å². The first kappa shape index (κ1) is 28.9. The van der Waals surface area contributed by atoms with E-state index in [0.29, 0.717) is 0 Å². The van der Waals surface area contributed by atoms with Gasteiger partial charge in [0.1, 0.15) is 5.60 Å². The van der Waals surface area contributed by atoms with E-state index in [1.54, 1.807) is 20.8 Å². The summed E-state index contributed by atoms with van der Waals surface area (Å²) in [5.74, 6) is -0.708. The SMILES string of the molecule is C=CCN(C(=O)OC(=O)OC(C)(C)C)C(Cc1ccccc1)=C([O-])OCc1ccccc1.[K+]. The third-order valence-electron chi connectivity index (χ3n) is 4.08. The van der Waals surface area contributed by atoms with Crippen LogP contribution in [0.1, 0.15) is 31.9 Å². The summed E-state index contributed by atoms with van der Waals surface area (Å²) in [6.07, 6.45) is -0.701. The van der Waals surface area contributed by atoms with Gasteiger partial charge in [-0.15, -0.1) is 6.58 Å². The van der Waals surface area contributed by atoms with Crippen molar-refractivity contribution in [2.75, 3.05) is 6.54 Å². The summed E-state index contributed by atoms with van der Waals surface area (Å²) < 4.78 is 15.3. The maximum absolute atomic E-state index is 13.0. The van der Waals surface area contributed by atoms with Crippen LogP contribution >= 0.6 is 0 Å². The van der Waals surface area contributed by atoms with Crippen LogP contribution < -0.4 is 56.5 Å².